The summed E-state index contributed by atoms with van der Waals surface area (Å²) < 4.78 is 5.58. The average molecular weight is 472 g/mol. The molecule has 2 rings (SSSR count). The van der Waals surface area contributed by atoms with Crippen LogP contribution < -0.4 is 10.1 Å². The molecule has 0 bridgehead atoms. The zero-order chi connectivity index (χ0) is 22.3. The molecule has 2 aromatic carbocycles. The molecule has 0 saturated carbocycles. The molecule has 0 aliphatic heterocycles. The molecular weight excluding hydrogens is 447 g/mol. The average Bonchev–Trinajstić information content (AvgIpc) is 2.70. The minimum Gasteiger partial charge on any atom is -0.484 e. The number of carbonyl (C=O) groups is 2. The number of amides is 2. The van der Waals surface area contributed by atoms with Gasteiger partial charge < -0.3 is 15.0 Å². The standard InChI is InChI=1S/C22H25Cl3N2O3/c1-14(2)11-26-22(29)15(3)27(12-16-7-8-19(24)20(25)9-16)21(28)13-30-18-6-4-5-17(23)10-18/h4-10,14-15H,11-13H2,1-3H3,(H,26,29)/t15-/m1/s1. The molecule has 0 unspecified atom stereocenters. The van der Waals surface area contributed by atoms with E-state index in [2.05, 4.69) is 5.32 Å². The van der Waals surface area contributed by atoms with E-state index in [9.17, 15) is 9.59 Å². The van der Waals surface area contributed by atoms with Gasteiger partial charge in [-0.05, 0) is 48.7 Å². The SMILES string of the molecule is CC(C)CNC(=O)[C@@H](C)N(Cc1ccc(Cl)c(Cl)c1)C(=O)COc1cccc(Cl)c1. The lowest BCUT2D eigenvalue weighted by Crippen LogP contribution is -2.49. The molecule has 0 fully saturated rings. The van der Waals surface area contributed by atoms with Crippen LogP contribution >= 0.6 is 34.8 Å². The van der Waals surface area contributed by atoms with Crippen LogP contribution in [0, 0.1) is 5.92 Å². The van der Waals surface area contributed by atoms with Gasteiger partial charge in [0, 0.05) is 18.1 Å². The number of rotatable bonds is 9. The van der Waals surface area contributed by atoms with Crippen molar-refractivity contribution in [3.63, 3.8) is 0 Å². The zero-order valence-corrected chi connectivity index (χ0v) is 19.4. The quantitative estimate of drug-likeness (QED) is 0.546. The van der Waals surface area contributed by atoms with Gasteiger partial charge in [0.2, 0.25) is 5.91 Å². The van der Waals surface area contributed by atoms with Crippen LogP contribution in [-0.2, 0) is 16.1 Å². The minimum absolute atomic E-state index is 0.185. The smallest absolute Gasteiger partial charge is 0.261 e. The van der Waals surface area contributed by atoms with Crippen LogP contribution in [-0.4, -0.2) is 35.9 Å². The predicted octanol–water partition coefficient (Wildman–Crippen LogP) is 5.22. The van der Waals surface area contributed by atoms with Crippen molar-refractivity contribution >= 4 is 46.6 Å². The van der Waals surface area contributed by atoms with E-state index in [-0.39, 0.29) is 25.0 Å². The molecule has 162 valence electrons. The van der Waals surface area contributed by atoms with E-state index < -0.39 is 6.04 Å². The van der Waals surface area contributed by atoms with Crippen LogP contribution in [0.1, 0.15) is 26.3 Å². The van der Waals surface area contributed by atoms with E-state index in [0.717, 1.165) is 5.56 Å². The summed E-state index contributed by atoms with van der Waals surface area (Å²) in [6, 6.07) is 11.2. The Hall–Kier alpha value is -1.95. The van der Waals surface area contributed by atoms with Gasteiger partial charge in [-0.1, -0.05) is 60.8 Å². The fourth-order valence-corrected chi connectivity index (χ4v) is 3.16. The maximum atomic E-state index is 13.0. The first kappa shape index (κ1) is 24.3. The number of halogens is 3. The van der Waals surface area contributed by atoms with Crippen LogP contribution in [0.5, 0.6) is 5.75 Å². The Morgan fingerprint density at radius 2 is 1.77 bits per heavy atom. The minimum atomic E-state index is -0.700. The fraction of sp³-hybridized carbons (Fsp3) is 0.364. The highest BCUT2D eigenvalue weighted by atomic mass is 35.5. The normalized spacial score (nSPS) is 11.8. The first-order valence-electron chi connectivity index (χ1n) is 9.57. The molecule has 30 heavy (non-hydrogen) atoms. The topological polar surface area (TPSA) is 58.6 Å². The molecule has 0 spiro atoms. The molecule has 0 aromatic heterocycles. The fourth-order valence-electron chi connectivity index (χ4n) is 2.65. The highest BCUT2D eigenvalue weighted by Gasteiger charge is 2.26. The van der Waals surface area contributed by atoms with Crippen molar-refractivity contribution in [2.75, 3.05) is 13.2 Å². The third kappa shape index (κ3) is 7.38. The summed E-state index contributed by atoms with van der Waals surface area (Å²) in [5, 5.41) is 4.18. The molecule has 5 nitrogen and oxygen atoms in total. The van der Waals surface area contributed by atoms with Gasteiger partial charge >= 0.3 is 0 Å². The molecule has 2 amide bonds. The molecule has 2 aromatic rings. The molecule has 0 aliphatic carbocycles. The second-order valence-corrected chi connectivity index (χ2v) is 8.58. The molecule has 0 heterocycles. The van der Waals surface area contributed by atoms with Gasteiger partial charge in [-0.15, -0.1) is 0 Å². The Bertz CT molecular complexity index is 890. The van der Waals surface area contributed by atoms with Crippen molar-refractivity contribution in [3.8, 4) is 5.75 Å². The van der Waals surface area contributed by atoms with Gasteiger partial charge in [-0.25, -0.2) is 0 Å². The zero-order valence-electron chi connectivity index (χ0n) is 17.1. The first-order chi connectivity index (χ1) is 14.2. The van der Waals surface area contributed by atoms with Crippen molar-refractivity contribution in [2.45, 2.75) is 33.4 Å². The predicted molar refractivity (Wildman–Crippen MR) is 121 cm³/mol. The molecule has 0 saturated heterocycles. The summed E-state index contributed by atoms with van der Waals surface area (Å²) in [4.78, 5) is 27.0. The number of hydrogen-bond donors (Lipinski definition) is 1. The number of ether oxygens (including phenoxy) is 1. The number of nitrogens with zero attached hydrogens (tertiary/aromatic N) is 1. The summed E-state index contributed by atoms with van der Waals surface area (Å²) in [6.45, 7) is 6.17. The van der Waals surface area contributed by atoms with Crippen LogP contribution in [0.15, 0.2) is 42.5 Å². The third-order valence-electron chi connectivity index (χ3n) is 4.35. The largest absolute Gasteiger partial charge is 0.484 e. The Morgan fingerprint density at radius 3 is 2.40 bits per heavy atom. The van der Waals surface area contributed by atoms with Crippen LogP contribution in [0.4, 0.5) is 0 Å². The monoisotopic (exact) mass is 470 g/mol. The Balaban J connectivity index is 2.16. The molecule has 8 heteroatoms. The number of hydrogen-bond acceptors (Lipinski definition) is 3. The lowest BCUT2D eigenvalue weighted by Gasteiger charge is -2.29. The summed E-state index contributed by atoms with van der Waals surface area (Å²) in [5.41, 5.74) is 0.754. The lowest BCUT2D eigenvalue weighted by atomic mass is 10.1. The first-order valence-corrected chi connectivity index (χ1v) is 10.7. The highest BCUT2D eigenvalue weighted by molar-refractivity contribution is 6.42. The van der Waals surface area contributed by atoms with E-state index in [1.54, 1.807) is 49.4 Å². The van der Waals surface area contributed by atoms with E-state index >= 15 is 0 Å². The lowest BCUT2D eigenvalue weighted by molar-refractivity contribution is -0.142. The summed E-state index contributed by atoms with van der Waals surface area (Å²) in [7, 11) is 0. The van der Waals surface area contributed by atoms with E-state index in [0.29, 0.717) is 33.3 Å². The van der Waals surface area contributed by atoms with Crippen molar-refractivity contribution in [2.24, 2.45) is 5.92 Å². The van der Waals surface area contributed by atoms with Crippen LogP contribution in [0.3, 0.4) is 0 Å². The second-order valence-electron chi connectivity index (χ2n) is 7.33. The maximum absolute atomic E-state index is 13.0. The number of benzene rings is 2. The van der Waals surface area contributed by atoms with Crippen molar-refractivity contribution in [1.29, 1.82) is 0 Å². The van der Waals surface area contributed by atoms with E-state index in [1.165, 1.54) is 4.90 Å². The molecule has 1 N–H and O–H groups in total. The Morgan fingerprint density at radius 1 is 1.03 bits per heavy atom. The maximum Gasteiger partial charge on any atom is 0.261 e. The number of carbonyl (C=O) groups excluding carboxylic acids is 2. The Kier molecular flexibility index (Phi) is 9.28. The van der Waals surface area contributed by atoms with Crippen molar-refractivity contribution in [1.82, 2.24) is 10.2 Å². The van der Waals surface area contributed by atoms with Crippen molar-refractivity contribution in [3.05, 3.63) is 63.1 Å². The summed E-state index contributed by atoms with van der Waals surface area (Å²) in [5.74, 6) is 0.196. The van der Waals surface area contributed by atoms with Gasteiger partial charge in [0.05, 0.1) is 10.0 Å². The van der Waals surface area contributed by atoms with Crippen molar-refractivity contribution < 1.29 is 14.3 Å². The van der Waals surface area contributed by atoms with Gasteiger partial charge in [0.15, 0.2) is 6.61 Å². The van der Waals surface area contributed by atoms with Gasteiger partial charge in [-0.3, -0.25) is 9.59 Å². The molecule has 0 radical (unpaired) electrons. The van der Waals surface area contributed by atoms with Gasteiger partial charge in [0.1, 0.15) is 11.8 Å². The van der Waals surface area contributed by atoms with Crippen LogP contribution in [0.25, 0.3) is 0 Å². The molecular formula is C22H25Cl3N2O3. The van der Waals surface area contributed by atoms with Gasteiger partial charge in [0.25, 0.3) is 5.91 Å². The molecule has 0 aliphatic rings. The third-order valence-corrected chi connectivity index (χ3v) is 5.32. The highest BCUT2D eigenvalue weighted by Crippen LogP contribution is 2.24. The Labute approximate surface area is 192 Å². The van der Waals surface area contributed by atoms with E-state index in [4.69, 9.17) is 39.5 Å². The summed E-state index contributed by atoms with van der Waals surface area (Å²) in [6.07, 6.45) is 0. The second kappa shape index (κ2) is 11.4. The number of nitrogens with one attached hydrogen (secondary N) is 1. The summed E-state index contributed by atoms with van der Waals surface area (Å²) >= 11 is 18.1. The molecule has 1 atom stereocenters. The van der Waals surface area contributed by atoms with E-state index in [1.807, 2.05) is 13.8 Å². The van der Waals surface area contributed by atoms with Crippen LogP contribution in [0.2, 0.25) is 15.1 Å². The van der Waals surface area contributed by atoms with Gasteiger partial charge in [-0.2, -0.15) is 0 Å².